The molecule has 0 saturated carbocycles. The third kappa shape index (κ3) is 4.90. The number of rotatable bonds is 7. The summed E-state index contributed by atoms with van der Waals surface area (Å²) < 4.78 is 5.32. The van der Waals surface area contributed by atoms with Gasteiger partial charge in [0.1, 0.15) is 5.75 Å². The van der Waals surface area contributed by atoms with Gasteiger partial charge in [0.25, 0.3) is 0 Å². The fourth-order valence-corrected chi connectivity index (χ4v) is 3.61. The first-order chi connectivity index (χ1) is 12.8. The molecule has 0 aliphatic rings. The van der Waals surface area contributed by atoms with E-state index in [2.05, 4.69) is 17.4 Å². The van der Waals surface area contributed by atoms with Crippen molar-refractivity contribution >= 4 is 23.4 Å². The van der Waals surface area contributed by atoms with Crippen LogP contribution in [0.3, 0.4) is 0 Å². The Labute approximate surface area is 158 Å². The summed E-state index contributed by atoms with van der Waals surface area (Å²) in [5, 5.41) is 3.03. The Balaban J connectivity index is 1.66. The Morgan fingerprint density at radius 2 is 1.62 bits per heavy atom. The number of thioether (sulfide) groups is 1. The van der Waals surface area contributed by atoms with E-state index in [0.29, 0.717) is 0 Å². The van der Waals surface area contributed by atoms with E-state index in [1.165, 1.54) is 5.56 Å². The average molecular weight is 363 g/mol. The first-order valence-corrected chi connectivity index (χ1v) is 9.42. The van der Waals surface area contributed by atoms with E-state index >= 15 is 0 Å². The van der Waals surface area contributed by atoms with Crippen molar-refractivity contribution in [3.8, 4) is 5.75 Å². The fourth-order valence-electron chi connectivity index (χ4n) is 2.65. The lowest BCUT2D eigenvalue weighted by atomic mass is 10.1. The maximum atomic E-state index is 12.5. The molecule has 0 saturated heterocycles. The molecule has 132 valence electrons. The van der Waals surface area contributed by atoms with E-state index < -0.39 is 0 Å². The molecule has 3 aromatic rings. The third-order valence-corrected chi connectivity index (χ3v) is 5.09. The zero-order chi connectivity index (χ0) is 18.2. The summed E-state index contributed by atoms with van der Waals surface area (Å²) >= 11 is 1.72. The smallest absolute Gasteiger partial charge is 0.228 e. The maximum Gasteiger partial charge on any atom is 0.228 e. The average Bonchev–Trinajstić information content (AvgIpc) is 2.68. The molecule has 3 nitrogen and oxygen atoms in total. The van der Waals surface area contributed by atoms with Gasteiger partial charge in [-0.3, -0.25) is 4.79 Å². The highest BCUT2D eigenvalue weighted by atomic mass is 32.2. The maximum absolute atomic E-state index is 12.5. The van der Waals surface area contributed by atoms with Crippen LogP contribution in [0.15, 0.2) is 83.8 Å². The molecule has 0 radical (unpaired) electrons. The molecule has 1 amide bonds. The topological polar surface area (TPSA) is 38.3 Å². The first-order valence-electron chi connectivity index (χ1n) is 8.44. The summed E-state index contributed by atoms with van der Waals surface area (Å²) in [6.07, 6.45) is 0.279. The first kappa shape index (κ1) is 18.1. The number of hydrogen-bond donors (Lipinski definition) is 1. The Bertz CT molecular complexity index is 865. The van der Waals surface area contributed by atoms with E-state index in [1.807, 2.05) is 66.7 Å². The minimum atomic E-state index is -0.0535. The molecule has 0 aromatic heterocycles. The van der Waals surface area contributed by atoms with Crippen LogP contribution in [0.25, 0.3) is 0 Å². The number of para-hydroxylation sites is 2. The van der Waals surface area contributed by atoms with Gasteiger partial charge in [0.2, 0.25) is 5.91 Å². The molecule has 3 rings (SSSR count). The number of hydrogen-bond acceptors (Lipinski definition) is 3. The van der Waals surface area contributed by atoms with E-state index in [4.69, 9.17) is 4.74 Å². The molecule has 0 unspecified atom stereocenters. The van der Waals surface area contributed by atoms with Crippen LogP contribution in [0.5, 0.6) is 5.75 Å². The van der Waals surface area contributed by atoms with Crippen LogP contribution in [0.1, 0.15) is 11.1 Å². The van der Waals surface area contributed by atoms with E-state index in [0.717, 1.165) is 27.6 Å². The molecule has 0 aliphatic carbocycles. The highest BCUT2D eigenvalue weighted by Gasteiger charge is 2.11. The van der Waals surface area contributed by atoms with Gasteiger partial charge in [0.05, 0.1) is 19.2 Å². The summed E-state index contributed by atoms with van der Waals surface area (Å²) in [5.41, 5.74) is 2.97. The van der Waals surface area contributed by atoms with Gasteiger partial charge in [-0.05, 0) is 23.8 Å². The number of carbonyl (C=O) groups excluding carboxylic acids is 1. The monoisotopic (exact) mass is 363 g/mol. The largest absolute Gasteiger partial charge is 0.496 e. The Kier molecular flexibility index (Phi) is 6.34. The zero-order valence-corrected chi connectivity index (χ0v) is 15.5. The van der Waals surface area contributed by atoms with Gasteiger partial charge < -0.3 is 10.1 Å². The van der Waals surface area contributed by atoms with Crippen molar-refractivity contribution in [1.29, 1.82) is 0 Å². The molecule has 0 bridgehead atoms. The Morgan fingerprint density at radius 3 is 2.42 bits per heavy atom. The van der Waals surface area contributed by atoms with Crippen molar-refractivity contribution < 1.29 is 9.53 Å². The lowest BCUT2D eigenvalue weighted by Crippen LogP contribution is -2.15. The normalized spacial score (nSPS) is 10.3. The van der Waals surface area contributed by atoms with Crippen molar-refractivity contribution in [2.45, 2.75) is 17.1 Å². The minimum Gasteiger partial charge on any atom is -0.496 e. The van der Waals surface area contributed by atoms with Crippen LogP contribution in [0, 0.1) is 0 Å². The number of amides is 1. The quantitative estimate of drug-likeness (QED) is 0.589. The predicted octanol–water partition coefficient (Wildman–Crippen LogP) is 5.17. The Hall–Kier alpha value is -2.72. The van der Waals surface area contributed by atoms with Gasteiger partial charge in [0, 0.05) is 16.2 Å². The van der Waals surface area contributed by atoms with Gasteiger partial charge in [-0.15, -0.1) is 11.8 Å². The third-order valence-electron chi connectivity index (χ3n) is 3.94. The van der Waals surface area contributed by atoms with Crippen molar-refractivity contribution in [1.82, 2.24) is 0 Å². The van der Waals surface area contributed by atoms with Crippen molar-refractivity contribution in [2.75, 3.05) is 12.4 Å². The number of nitrogens with one attached hydrogen (secondary N) is 1. The van der Waals surface area contributed by atoms with Gasteiger partial charge in [0.15, 0.2) is 0 Å². The van der Waals surface area contributed by atoms with Gasteiger partial charge in [-0.2, -0.15) is 0 Å². The summed E-state index contributed by atoms with van der Waals surface area (Å²) in [6, 6.07) is 25.8. The molecule has 4 heteroatoms. The summed E-state index contributed by atoms with van der Waals surface area (Å²) in [7, 11) is 1.62. The molecule has 26 heavy (non-hydrogen) atoms. The molecule has 0 spiro atoms. The van der Waals surface area contributed by atoms with E-state index in [-0.39, 0.29) is 12.3 Å². The van der Waals surface area contributed by atoms with Gasteiger partial charge in [-0.25, -0.2) is 0 Å². The molecule has 0 fully saturated rings. The van der Waals surface area contributed by atoms with Crippen LogP contribution < -0.4 is 10.1 Å². The highest BCUT2D eigenvalue weighted by molar-refractivity contribution is 7.98. The molecule has 0 aliphatic heterocycles. The minimum absolute atomic E-state index is 0.0535. The lowest BCUT2D eigenvalue weighted by molar-refractivity contribution is -0.115. The van der Waals surface area contributed by atoms with Crippen molar-refractivity contribution in [2.24, 2.45) is 0 Å². The highest BCUT2D eigenvalue weighted by Crippen LogP contribution is 2.30. The lowest BCUT2D eigenvalue weighted by Gasteiger charge is -2.12. The van der Waals surface area contributed by atoms with Crippen LogP contribution >= 0.6 is 11.8 Å². The summed E-state index contributed by atoms with van der Waals surface area (Å²) in [4.78, 5) is 13.6. The molecule has 0 atom stereocenters. The number of ether oxygens (including phenoxy) is 1. The van der Waals surface area contributed by atoms with Crippen LogP contribution in [0.2, 0.25) is 0 Å². The van der Waals surface area contributed by atoms with E-state index in [1.54, 1.807) is 18.9 Å². The second-order valence-electron chi connectivity index (χ2n) is 5.81. The van der Waals surface area contributed by atoms with E-state index in [9.17, 15) is 4.79 Å². The number of methoxy groups -OCH3 is 1. The predicted molar refractivity (Wildman–Crippen MR) is 108 cm³/mol. The van der Waals surface area contributed by atoms with Gasteiger partial charge in [-0.1, -0.05) is 60.7 Å². The second-order valence-corrected chi connectivity index (χ2v) is 6.82. The molecule has 3 aromatic carbocycles. The number of carbonyl (C=O) groups is 1. The molecular weight excluding hydrogens is 342 g/mol. The molecule has 0 heterocycles. The number of benzene rings is 3. The zero-order valence-electron chi connectivity index (χ0n) is 14.6. The molecular formula is C22H21NO2S. The van der Waals surface area contributed by atoms with Crippen molar-refractivity contribution in [3.63, 3.8) is 0 Å². The standard InChI is InChI=1S/C22H21NO2S/c1-25-20-13-7-5-11-18(20)15-22(24)23-19-12-6-8-14-21(19)26-16-17-9-3-2-4-10-17/h2-14H,15-16H2,1H3,(H,23,24). The number of anilines is 1. The van der Waals surface area contributed by atoms with Crippen LogP contribution in [-0.2, 0) is 17.0 Å². The van der Waals surface area contributed by atoms with Gasteiger partial charge >= 0.3 is 0 Å². The second kappa shape index (κ2) is 9.11. The summed E-state index contributed by atoms with van der Waals surface area (Å²) in [6.45, 7) is 0. The summed E-state index contributed by atoms with van der Waals surface area (Å²) in [5.74, 6) is 1.54. The molecule has 1 N–H and O–H groups in total. The SMILES string of the molecule is COc1ccccc1CC(=O)Nc1ccccc1SCc1ccccc1. The van der Waals surface area contributed by atoms with Crippen molar-refractivity contribution in [3.05, 3.63) is 90.0 Å². The fraction of sp³-hybridized carbons (Fsp3) is 0.136. The van der Waals surface area contributed by atoms with Crippen LogP contribution in [-0.4, -0.2) is 13.0 Å². The van der Waals surface area contributed by atoms with Crippen LogP contribution in [0.4, 0.5) is 5.69 Å². The Morgan fingerprint density at radius 1 is 0.923 bits per heavy atom.